The first-order valence-electron chi connectivity index (χ1n) is 9.94. The van der Waals surface area contributed by atoms with E-state index in [-0.39, 0.29) is 9.79 Å². The molecular formula is C21H28N2O4S2. The average Bonchev–Trinajstić information content (AvgIpc) is 2.69. The summed E-state index contributed by atoms with van der Waals surface area (Å²) in [6.45, 7) is 5.16. The molecule has 1 fully saturated rings. The van der Waals surface area contributed by atoms with Crippen LogP contribution in [-0.2, 0) is 26.5 Å². The molecule has 2 aromatic rings. The molecule has 0 aliphatic carbocycles. The van der Waals surface area contributed by atoms with Crippen molar-refractivity contribution in [1.29, 1.82) is 0 Å². The third-order valence-corrected chi connectivity index (χ3v) is 8.41. The largest absolute Gasteiger partial charge is 0.280 e. The molecule has 1 saturated heterocycles. The van der Waals surface area contributed by atoms with Crippen LogP contribution in [0.15, 0.2) is 58.3 Å². The summed E-state index contributed by atoms with van der Waals surface area (Å²) < 4.78 is 54.9. The number of benzene rings is 2. The second-order valence-corrected chi connectivity index (χ2v) is 11.3. The standard InChI is InChI=1S/C21H28N2O4S2/c1-3-5-18-7-11-20(12-8-18)28(24,25)22-19-9-13-21(14-10-19)29(26,27)23-15-4-6-17(2)16-23/h7-14,17,22H,3-6,15-16H2,1-2H3. The molecule has 1 aliphatic heterocycles. The number of rotatable bonds is 7. The molecule has 0 saturated carbocycles. The Bertz CT molecular complexity index is 1030. The molecule has 6 nitrogen and oxygen atoms in total. The lowest BCUT2D eigenvalue weighted by Gasteiger charge is -2.30. The number of piperidine rings is 1. The van der Waals surface area contributed by atoms with Crippen molar-refractivity contribution in [2.45, 2.75) is 49.3 Å². The van der Waals surface area contributed by atoms with Gasteiger partial charge in [-0.15, -0.1) is 0 Å². The molecule has 0 radical (unpaired) electrons. The molecule has 0 aromatic heterocycles. The van der Waals surface area contributed by atoms with E-state index in [0.29, 0.717) is 24.7 Å². The molecule has 1 unspecified atom stereocenters. The number of anilines is 1. The van der Waals surface area contributed by atoms with Crippen LogP contribution in [0.2, 0.25) is 0 Å². The Labute approximate surface area is 174 Å². The first-order valence-corrected chi connectivity index (χ1v) is 12.9. The summed E-state index contributed by atoms with van der Waals surface area (Å²) in [5.41, 5.74) is 1.42. The van der Waals surface area contributed by atoms with E-state index < -0.39 is 20.0 Å². The molecule has 1 N–H and O–H groups in total. The van der Waals surface area contributed by atoms with Gasteiger partial charge in [0.05, 0.1) is 9.79 Å². The maximum atomic E-state index is 12.8. The van der Waals surface area contributed by atoms with Gasteiger partial charge in [0.2, 0.25) is 10.0 Å². The van der Waals surface area contributed by atoms with Crippen molar-refractivity contribution in [2.24, 2.45) is 5.92 Å². The molecule has 0 spiro atoms. The van der Waals surface area contributed by atoms with Crippen LogP contribution in [0.1, 0.15) is 38.7 Å². The smallest absolute Gasteiger partial charge is 0.261 e. The van der Waals surface area contributed by atoms with Crippen molar-refractivity contribution >= 4 is 25.7 Å². The van der Waals surface area contributed by atoms with Crippen LogP contribution in [0, 0.1) is 5.92 Å². The van der Waals surface area contributed by atoms with Crippen molar-refractivity contribution in [3.05, 3.63) is 54.1 Å². The molecule has 0 amide bonds. The van der Waals surface area contributed by atoms with Gasteiger partial charge in [0.15, 0.2) is 0 Å². The van der Waals surface area contributed by atoms with Crippen LogP contribution < -0.4 is 4.72 Å². The summed E-state index contributed by atoms with van der Waals surface area (Å²) in [5.74, 6) is 0.341. The van der Waals surface area contributed by atoms with Gasteiger partial charge >= 0.3 is 0 Å². The molecular weight excluding hydrogens is 408 g/mol. The lowest BCUT2D eigenvalue weighted by molar-refractivity contribution is 0.281. The van der Waals surface area contributed by atoms with E-state index in [1.165, 1.54) is 28.6 Å². The summed E-state index contributed by atoms with van der Waals surface area (Å²) in [7, 11) is -7.29. The molecule has 8 heteroatoms. The second-order valence-electron chi connectivity index (χ2n) is 7.63. The van der Waals surface area contributed by atoms with Gasteiger partial charge in [-0.1, -0.05) is 32.4 Å². The third-order valence-electron chi connectivity index (χ3n) is 5.14. The normalized spacial score (nSPS) is 18.5. The minimum atomic E-state index is -3.73. The summed E-state index contributed by atoms with van der Waals surface area (Å²) in [4.78, 5) is 0.356. The zero-order valence-electron chi connectivity index (χ0n) is 16.8. The predicted octanol–water partition coefficient (Wildman–Crippen LogP) is 3.86. The van der Waals surface area contributed by atoms with E-state index >= 15 is 0 Å². The summed E-state index contributed by atoms with van der Waals surface area (Å²) in [5, 5.41) is 0. The van der Waals surface area contributed by atoms with Gasteiger partial charge in [-0.25, -0.2) is 16.8 Å². The van der Waals surface area contributed by atoms with Gasteiger partial charge in [-0.05, 0) is 67.1 Å². The Hall–Kier alpha value is -1.90. The van der Waals surface area contributed by atoms with E-state index in [2.05, 4.69) is 11.6 Å². The van der Waals surface area contributed by atoms with Crippen molar-refractivity contribution < 1.29 is 16.8 Å². The van der Waals surface area contributed by atoms with E-state index in [4.69, 9.17) is 0 Å². The minimum absolute atomic E-state index is 0.177. The number of sulfonamides is 2. The number of hydrogen-bond donors (Lipinski definition) is 1. The predicted molar refractivity (Wildman–Crippen MR) is 115 cm³/mol. The topological polar surface area (TPSA) is 83.5 Å². The van der Waals surface area contributed by atoms with Crippen LogP contribution in [0.4, 0.5) is 5.69 Å². The Morgan fingerprint density at radius 2 is 1.59 bits per heavy atom. The van der Waals surface area contributed by atoms with Crippen LogP contribution in [0.25, 0.3) is 0 Å². The van der Waals surface area contributed by atoms with Gasteiger partial charge in [0.1, 0.15) is 0 Å². The van der Waals surface area contributed by atoms with Crippen LogP contribution in [-0.4, -0.2) is 34.2 Å². The SMILES string of the molecule is CCCc1ccc(S(=O)(=O)Nc2ccc(S(=O)(=O)N3CCCC(C)C3)cc2)cc1. The van der Waals surface area contributed by atoms with Gasteiger partial charge in [-0.3, -0.25) is 4.72 Å². The lowest BCUT2D eigenvalue weighted by Crippen LogP contribution is -2.39. The highest BCUT2D eigenvalue weighted by Gasteiger charge is 2.28. The van der Waals surface area contributed by atoms with Crippen molar-refractivity contribution in [3.63, 3.8) is 0 Å². The van der Waals surface area contributed by atoms with Gasteiger partial charge in [0, 0.05) is 18.8 Å². The highest BCUT2D eigenvalue weighted by atomic mass is 32.2. The van der Waals surface area contributed by atoms with Crippen molar-refractivity contribution in [2.75, 3.05) is 17.8 Å². The maximum Gasteiger partial charge on any atom is 0.261 e. The van der Waals surface area contributed by atoms with Gasteiger partial charge in [-0.2, -0.15) is 4.31 Å². The lowest BCUT2D eigenvalue weighted by atomic mass is 10.0. The van der Waals surface area contributed by atoms with Crippen LogP contribution >= 0.6 is 0 Å². The van der Waals surface area contributed by atoms with E-state index in [1.807, 2.05) is 19.1 Å². The van der Waals surface area contributed by atoms with Gasteiger partial charge < -0.3 is 0 Å². The summed E-state index contributed by atoms with van der Waals surface area (Å²) >= 11 is 0. The van der Waals surface area contributed by atoms with Crippen molar-refractivity contribution in [3.8, 4) is 0 Å². The molecule has 1 heterocycles. The van der Waals surface area contributed by atoms with E-state index in [0.717, 1.165) is 31.2 Å². The molecule has 0 bridgehead atoms. The maximum absolute atomic E-state index is 12.8. The Balaban J connectivity index is 1.74. The average molecular weight is 437 g/mol. The zero-order valence-corrected chi connectivity index (χ0v) is 18.5. The molecule has 1 atom stereocenters. The first kappa shape index (κ1) is 21.8. The van der Waals surface area contributed by atoms with E-state index in [1.54, 1.807) is 12.1 Å². The number of nitrogens with one attached hydrogen (secondary N) is 1. The fraction of sp³-hybridized carbons (Fsp3) is 0.429. The van der Waals surface area contributed by atoms with Crippen LogP contribution in [0.3, 0.4) is 0 Å². The Kier molecular flexibility index (Phi) is 6.65. The highest BCUT2D eigenvalue weighted by Crippen LogP contribution is 2.25. The number of aryl methyl sites for hydroxylation is 1. The number of nitrogens with zero attached hydrogens (tertiary/aromatic N) is 1. The number of hydrogen-bond acceptors (Lipinski definition) is 4. The fourth-order valence-electron chi connectivity index (χ4n) is 3.55. The first-order chi connectivity index (χ1) is 13.7. The Morgan fingerprint density at radius 3 is 2.17 bits per heavy atom. The highest BCUT2D eigenvalue weighted by molar-refractivity contribution is 7.92. The van der Waals surface area contributed by atoms with Gasteiger partial charge in [0.25, 0.3) is 10.0 Å². The minimum Gasteiger partial charge on any atom is -0.280 e. The van der Waals surface area contributed by atoms with Crippen molar-refractivity contribution in [1.82, 2.24) is 4.31 Å². The van der Waals surface area contributed by atoms with Crippen LogP contribution in [0.5, 0.6) is 0 Å². The van der Waals surface area contributed by atoms with E-state index in [9.17, 15) is 16.8 Å². The second kappa shape index (κ2) is 8.85. The molecule has 3 rings (SSSR count). The zero-order chi connectivity index (χ0) is 21.1. The molecule has 158 valence electrons. The quantitative estimate of drug-likeness (QED) is 0.714. The molecule has 1 aliphatic rings. The summed E-state index contributed by atoms with van der Waals surface area (Å²) in [6, 6.07) is 12.7. The Morgan fingerprint density at radius 1 is 0.966 bits per heavy atom. The molecule has 2 aromatic carbocycles. The molecule has 29 heavy (non-hydrogen) atoms. The summed E-state index contributed by atoms with van der Waals surface area (Å²) in [6.07, 6.45) is 3.79. The monoisotopic (exact) mass is 436 g/mol. The third kappa shape index (κ3) is 5.18. The fourth-order valence-corrected chi connectivity index (χ4v) is 6.20.